The van der Waals surface area contributed by atoms with Crippen LogP contribution < -0.4 is 5.73 Å². The first kappa shape index (κ1) is 15.1. The predicted molar refractivity (Wildman–Crippen MR) is 70.6 cm³/mol. The molecule has 92 valence electrons. The van der Waals surface area contributed by atoms with Gasteiger partial charge < -0.3 is 11.2 Å². The molecule has 0 fully saturated rings. The van der Waals surface area contributed by atoms with E-state index in [1.807, 2.05) is 0 Å². The Bertz CT molecular complexity index is 277. The van der Waals surface area contributed by atoms with E-state index in [-0.39, 0.29) is 11.0 Å². The zero-order valence-corrected chi connectivity index (χ0v) is 10.7. The van der Waals surface area contributed by atoms with Gasteiger partial charge in [-0.25, -0.2) is 0 Å². The Morgan fingerprint density at radius 1 is 1.19 bits per heavy atom. The van der Waals surface area contributed by atoms with Crippen LogP contribution in [0.4, 0.5) is 0 Å². The van der Waals surface area contributed by atoms with E-state index in [0.29, 0.717) is 5.92 Å². The number of nitrogens with two attached hydrogens (primary N) is 1. The summed E-state index contributed by atoms with van der Waals surface area (Å²) in [5.74, 6) is 0.471. The molecule has 0 aliphatic rings. The summed E-state index contributed by atoms with van der Waals surface area (Å²) < 4.78 is 0. The minimum Gasteiger partial charge on any atom is -0.412 e. The van der Waals surface area contributed by atoms with E-state index in [2.05, 4.69) is 51.1 Å². The Labute approximate surface area is 99.2 Å². The highest BCUT2D eigenvalue weighted by Gasteiger charge is 2.25. The lowest BCUT2D eigenvalue weighted by molar-refractivity contribution is 0.381. The predicted octanol–water partition coefficient (Wildman–Crippen LogP) is 2.87. The average Bonchev–Trinajstić information content (AvgIpc) is 2.18. The van der Waals surface area contributed by atoms with Crippen molar-refractivity contribution in [3.8, 4) is 0 Å². The topological polar surface area (TPSA) is 57.5 Å². The maximum atomic E-state index is 6.25. The summed E-state index contributed by atoms with van der Waals surface area (Å²) >= 11 is 0. The summed E-state index contributed by atoms with van der Waals surface area (Å²) in [5.41, 5.74) is 7.50. The Kier molecular flexibility index (Phi) is 6.31. The van der Waals surface area contributed by atoms with Gasteiger partial charge in [0.2, 0.25) is 0 Å². The lowest BCUT2D eigenvalue weighted by atomic mass is 9.79. The molecule has 0 heterocycles. The molecule has 1 atom stereocenters. The van der Waals surface area contributed by atoms with E-state index in [0.717, 1.165) is 0 Å². The normalized spacial score (nSPS) is 13.0. The first-order valence-electron chi connectivity index (χ1n) is 5.89. The van der Waals surface area contributed by atoms with Gasteiger partial charge in [0.1, 0.15) is 0 Å². The molecule has 1 unspecified atom stereocenters. The molecular formula is C14H25NO. The summed E-state index contributed by atoms with van der Waals surface area (Å²) in [6, 6.07) is 10.6. The summed E-state index contributed by atoms with van der Waals surface area (Å²) in [6.45, 7) is 6.48. The third kappa shape index (κ3) is 4.33. The van der Waals surface area contributed by atoms with Gasteiger partial charge in [-0.2, -0.15) is 0 Å². The second-order valence-electron chi connectivity index (χ2n) is 4.93. The number of unbranched alkanes of at least 4 members (excludes halogenated alkanes) is 1. The maximum Gasteiger partial charge on any atom is 0.0166 e. The van der Waals surface area contributed by atoms with E-state index in [9.17, 15) is 0 Å². The molecule has 1 aromatic rings. The van der Waals surface area contributed by atoms with E-state index in [4.69, 9.17) is 5.73 Å². The van der Waals surface area contributed by atoms with E-state index < -0.39 is 0 Å². The van der Waals surface area contributed by atoms with Crippen LogP contribution in [0.5, 0.6) is 0 Å². The molecule has 0 spiro atoms. The number of rotatable bonds is 5. The van der Waals surface area contributed by atoms with E-state index >= 15 is 0 Å². The van der Waals surface area contributed by atoms with E-state index in [1.165, 1.54) is 24.8 Å². The van der Waals surface area contributed by atoms with Crippen molar-refractivity contribution in [1.29, 1.82) is 0 Å². The highest BCUT2D eigenvalue weighted by Crippen LogP contribution is 2.30. The van der Waals surface area contributed by atoms with Crippen LogP contribution in [-0.2, 0) is 0 Å². The van der Waals surface area contributed by atoms with Crippen molar-refractivity contribution in [2.75, 3.05) is 0 Å². The molecule has 1 aromatic carbocycles. The third-order valence-electron chi connectivity index (χ3n) is 2.95. The van der Waals surface area contributed by atoms with Crippen molar-refractivity contribution < 1.29 is 5.48 Å². The Hall–Kier alpha value is -0.860. The molecule has 0 bridgehead atoms. The van der Waals surface area contributed by atoms with Crippen molar-refractivity contribution in [3.05, 3.63) is 35.9 Å². The molecule has 0 saturated heterocycles. The number of benzene rings is 1. The standard InChI is InChI=1S/C14H23N.H2O/c1-4-5-11-13(14(2,3)15)12-9-7-6-8-10-12;/h6-10,13H,4-5,11,15H2,1-3H3;1H2. The quantitative estimate of drug-likeness (QED) is 0.819. The van der Waals surface area contributed by atoms with Crippen LogP contribution in [0.3, 0.4) is 0 Å². The minimum atomic E-state index is -0.128. The van der Waals surface area contributed by atoms with Crippen LogP contribution in [0, 0.1) is 0 Å². The minimum absolute atomic E-state index is 0. The summed E-state index contributed by atoms with van der Waals surface area (Å²) in [5, 5.41) is 0. The van der Waals surface area contributed by atoms with Crippen LogP contribution >= 0.6 is 0 Å². The van der Waals surface area contributed by atoms with Crippen LogP contribution in [0.25, 0.3) is 0 Å². The Morgan fingerprint density at radius 3 is 2.19 bits per heavy atom. The second kappa shape index (κ2) is 6.66. The summed E-state index contributed by atoms with van der Waals surface area (Å²) in [4.78, 5) is 0. The summed E-state index contributed by atoms with van der Waals surface area (Å²) in [7, 11) is 0. The number of hydrogen-bond acceptors (Lipinski definition) is 1. The number of hydrogen-bond donors (Lipinski definition) is 1. The zero-order chi connectivity index (χ0) is 11.3. The van der Waals surface area contributed by atoms with Gasteiger partial charge in [-0.15, -0.1) is 0 Å². The molecule has 2 heteroatoms. The fourth-order valence-corrected chi connectivity index (χ4v) is 2.06. The van der Waals surface area contributed by atoms with Crippen molar-refractivity contribution in [2.24, 2.45) is 5.73 Å². The van der Waals surface area contributed by atoms with Gasteiger partial charge in [-0.05, 0) is 25.8 Å². The van der Waals surface area contributed by atoms with Crippen molar-refractivity contribution in [1.82, 2.24) is 0 Å². The SMILES string of the molecule is CCCCC(c1ccccc1)C(C)(C)N.O. The monoisotopic (exact) mass is 223 g/mol. The average molecular weight is 223 g/mol. The summed E-state index contributed by atoms with van der Waals surface area (Å²) in [6.07, 6.45) is 3.67. The van der Waals surface area contributed by atoms with Gasteiger partial charge in [0.05, 0.1) is 0 Å². The van der Waals surface area contributed by atoms with Crippen molar-refractivity contribution in [3.63, 3.8) is 0 Å². The first-order valence-corrected chi connectivity index (χ1v) is 5.89. The van der Waals surface area contributed by atoms with E-state index in [1.54, 1.807) is 0 Å². The van der Waals surface area contributed by atoms with Crippen LogP contribution in [0.2, 0.25) is 0 Å². The third-order valence-corrected chi connectivity index (χ3v) is 2.95. The molecule has 0 radical (unpaired) electrons. The Morgan fingerprint density at radius 2 is 1.75 bits per heavy atom. The van der Waals surface area contributed by atoms with Gasteiger partial charge in [-0.1, -0.05) is 50.1 Å². The highest BCUT2D eigenvalue weighted by molar-refractivity contribution is 5.22. The molecule has 0 saturated carbocycles. The lowest BCUT2D eigenvalue weighted by Crippen LogP contribution is -2.39. The van der Waals surface area contributed by atoms with Gasteiger partial charge >= 0.3 is 0 Å². The van der Waals surface area contributed by atoms with Gasteiger partial charge in [0, 0.05) is 11.5 Å². The molecule has 2 nitrogen and oxygen atoms in total. The smallest absolute Gasteiger partial charge is 0.0166 e. The molecule has 0 aliphatic carbocycles. The molecule has 16 heavy (non-hydrogen) atoms. The fraction of sp³-hybridized carbons (Fsp3) is 0.571. The fourth-order valence-electron chi connectivity index (χ4n) is 2.06. The highest BCUT2D eigenvalue weighted by atomic mass is 16.0. The molecule has 1 rings (SSSR count). The maximum absolute atomic E-state index is 6.25. The van der Waals surface area contributed by atoms with Crippen LogP contribution in [0.1, 0.15) is 51.5 Å². The zero-order valence-electron chi connectivity index (χ0n) is 10.7. The van der Waals surface area contributed by atoms with Crippen LogP contribution in [0.15, 0.2) is 30.3 Å². The Balaban J connectivity index is 0.00000225. The first-order chi connectivity index (χ1) is 7.05. The molecule has 0 aliphatic heterocycles. The molecule has 4 N–H and O–H groups in total. The van der Waals surface area contributed by atoms with Crippen molar-refractivity contribution in [2.45, 2.75) is 51.5 Å². The molecular weight excluding hydrogens is 198 g/mol. The van der Waals surface area contributed by atoms with Crippen LogP contribution in [-0.4, -0.2) is 11.0 Å². The van der Waals surface area contributed by atoms with Gasteiger partial charge in [0.15, 0.2) is 0 Å². The lowest BCUT2D eigenvalue weighted by Gasteiger charge is -2.31. The van der Waals surface area contributed by atoms with Gasteiger partial charge in [-0.3, -0.25) is 0 Å². The van der Waals surface area contributed by atoms with Gasteiger partial charge in [0.25, 0.3) is 0 Å². The van der Waals surface area contributed by atoms with Crippen molar-refractivity contribution >= 4 is 0 Å². The second-order valence-corrected chi connectivity index (χ2v) is 4.93. The molecule has 0 aromatic heterocycles. The molecule has 0 amide bonds. The largest absolute Gasteiger partial charge is 0.412 e.